The van der Waals surface area contributed by atoms with Crippen LogP contribution >= 0.6 is 0 Å². The highest BCUT2D eigenvalue weighted by atomic mass is 32.2. The molecule has 1 saturated heterocycles. The van der Waals surface area contributed by atoms with E-state index >= 15 is 0 Å². The van der Waals surface area contributed by atoms with E-state index in [4.69, 9.17) is 0 Å². The first-order valence-electron chi connectivity index (χ1n) is 9.00. The fourth-order valence-electron chi connectivity index (χ4n) is 3.36. The SMILES string of the molecule is CCCCCCc1ccc(C(O)C(C)(C)[S+]2CCCC2)cc1. The van der Waals surface area contributed by atoms with E-state index in [1.54, 1.807) is 0 Å². The minimum Gasteiger partial charge on any atom is -0.383 e. The van der Waals surface area contributed by atoms with Crippen molar-refractivity contribution in [3.63, 3.8) is 0 Å². The smallest absolute Gasteiger partial charge is 0.152 e. The lowest BCUT2D eigenvalue weighted by molar-refractivity contribution is 0.143. The molecule has 1 atom stereocenters. The summed E-state index contributed by atoms with van der Waals surface area (Å²) in [6.07, 6.45) is 8.77. The number of benzene rings is 1. The summed E-state index contributed by atoms with van der Waals surface area (Å²) in [4.78, 5) is 0. The van der Waals surface area contributed by atoms with Crippen LogP contribution in [0.15, 0.2) is 24.3 Å². The zero-order valence-electron chi connectivity index (χ0n) is 14.6. The van der Waals surface area contributed by atoms with Crippen LogP contribution in [-0.4, -0.2) is 21.4 Å². The van der Waals surface area contributed by atoms with E-state index in [1.165, 1.54) is 62.0 Å². The average Bonchev–Trinajstić information content (AvgIpc) is 3.07. The van der Waals surface area contributed by atoms with E-state index in [-0.39, 0.29) is 10.9 Å². The van der Waals surface area contributed by atoms with Crippen molar-refractivity contribution >= 4 is 10.9 Å². The predicted molar refractivity (Wildman–Crippen MR) is 99.7 cm³/mol. The summed E-state index contributed by atoms with van der Waals surface area (Å²) in [6.45, 7) is 6.76. The second kappa shape index (κ2) is 8.40. The van der Waals surface area contributed by atoms with Gasteiger partial charge in [-0.05, 0) is 61.6 Å². The van der Waals surface area contributed by atoms with Crippen LogP contribution in [0, 0.1) is 0 Å². The lowest BCUT2D eigenvalue weighted by atomic mass is 9.96. The Hall–Kier alpha value is -0.470. The van der Waals surface area contributed by atoms with E-state index in [9.17, 15) is 5.11 Å². The highest BCUT2D eigenvalue weighted by Gasteiger charge is 2.46. The molecule has 1 fully saturated rings. The highest BCUT2D eigenvalue weighted by Crippen LogP contribution is 2.37. The number of hydrogen-bond donors (Lipinski definition) is 1. The second-order valence-electron chi connectivity index (χ2n) is 7.17. The van der Waals surface area contributed by atoms with Crippen molar-refractivity contribution in [2.75, 3.05) is 11.5 Å². The van der Waals surface area contributed by atoms with Gasteiger partial charge in [-0.25, -0.2) is 0 Å². The molecule has 2 heteroatoms. The van der Waals surface area contributed by atoms with Gasteiger partial charge in [0.2, 0.25) is 0 Å². The van der Waals surface area contributed by atoms with Gasteiger partial charge in [-0.15, -0.1) is 0 Å². The molecule has 1 heterocycles. The van der Waals surface area contributed by atoms with Crippen molar-refractivity contribution in [3.05, 3.63) is 35.4 Å². The van der Waals surface area contributed by atoms with Gasteiger partial charge in [0.25, 0.3) is 0 Å². The fraction of sp³-hybridized carbons (Fsp3) is 0.700. The van der Waals surface area contributed by atoms with Crippen molar-refractivity contribution in [2.45, 2.75) is 76.6 Å². The van der Waals surface area contributed by atoms with Crippen molar-refractivity contribution in [1.82, 2.24) is 0 Å². The maximum atomic E-state index is 10.9. The Bertz CT molecular complexity index is 432. The van der Waals surface area contributed by atoms with E-state index < -0.39 is 0 Å². The number of aryl methyl sites for hydroxylation is 1. The molecular formula is C20H33OS+. The summed E-state index contributed by atoms with van der Waals surface area (Å²) < 4.78 is 0.0130. The van der Waals surface area contributed by atoms with Gasteiger partial charge in [-0.1, -0.05) is 50.5 Å². The first-order chi connectivity index (χ1) is 10.6. The molecule has 1 aromatic carbocycles. The molecule has 22 heavy (non-hydrogen) atoms. The van der Waals surface area contributed by atoms with Crippen LogP contribution in [0.4, 0.5) is 0 Å². The summed E-state index contributed by atoms with van der Waals surface area (Å²) in [5.41, 5.74) is 2.51. The topological polar surface area (TPSA) is 20.2 Å². The van der Waals surface area contributed by atoms with Gasteiger partial charge in [0.05, 0.1) is 0 Å². The second-order valence-corrected chi connectivity index (χ2v) is 10.0. The van der Waals surface area contributed by atoms with Crippen LogP contribution in [0.2, 0.25) is 0 Å². The molecule has 1 nitrogen and oxygen atoms in total. The van der Waals surface area contributed by atoms with Gasteiger partial charge in [0.1, 0.15) is 17.6 Å². The molecular weight excluding hydrogens is 288 g/mol. The van der Waals surface area contributed by atoms with Gasteiger partial charge >= 0.3 is 0 Å². The lowest BCUT2D eigenvalue weighted by Crippen LogP contribution is -2.39. The Kier molecular flexibility index (Phi) is 6.83. The lowest BCUT2D eigenvalue weighted by Gasteiger charge is -2.29. The maximum Gasteiger partial charge on any atom is 0.152 e. The Balaban J connectivity index is 1.94. The summed E-state index contributed by atoms with van der Waals surface area (Å²) in [5.74, 6) is 2.61. The summed E-state index contributed by atoms with van der Waals surface area (Å²) in [6, 6.07) is 8.75. The Morgan fingerprint density at radius 3 is 2.27 bits per heavy atom. The number of aliphatic hydroxyl groups is 1. The Labute approximate surface area is 139 Å². The molecule has 0 spiro atoms. The van der Waals surface area contributed by atoms with Crippen LogP contribution in [0.5, 0.6) is 0 Å². The third kappa shape index (κ3) is 4.52. The first-order valence-corrected chi connectivity index (χ1v) is 10.6. The number of rotatable bonds is 8. The zero-order valence-corrected chi connectivity index (χ0v) is 15.4. The van der Waals surface area contributed by atoms with E-state index in [2.05, 4.69) is 45.0 Å². The van der Waals surface area contributed by atoms with Crippen molar-refractivity contribution in [3.8, 4) is 0 Å². The van der Waals surface area contributed by atoms with Gasteiger partial charge in [-0.3, -0.25) is 0 Å². The van der Waals surface area contributed by atoms with Crippen molar-refractivity contribution in [2.24, 2.45) is 0 Å². The minimum absolute atomic E-state index is 0.0130. The van der Waals surface area contributed by atoms with Gasteiger partial charge in [0.15, 0.2) is 4.75 Å². The highest BCUT2D eigenvalue weighted by molar-refractivity contribution is 7.98. The molecule has 1 aromatic rings. The number of hydrogen-bond acceptors (Lipinski definition) is 1. The molecule has 0 bridgehead atoms. The first kappa shape index (κ1) is 17.9. The Morgan fingerprint density at radius 2 is 1.68 bits per heavy atom. The van der Waals surface area contributed by atoms with Crippen molar-refractivity contribution < 1.29 is 5.11 Å². The summed E-state index contributed by atoms with van der Waals surface area (Å²) >= 11 is 0. The third-order valence-corrected chi connectivity index (χ3v) is 8.32. The van der Waals surface area contributed by atoms with Crippen LogP contribution in [-0.2, 0) is 17.3 Å². The fourth-order valence-corrected chi connectivity index (χ4v) is 6.18. The zero-order chi connectivity index (χ0) is 16.0. The van der Waals surface area contributed by atoms with Crippen LogP contribution < -0.4 is 0 Å². The largest absolute Gasteiger partial charge is 0.383 e. The normalized spacial score (nSPS) is 17.8. The maximum absolute atomic E-state index is 10.9. The molecule has 0 saturated carbocycles. The van der Waals surface area contributed by atoms with Crippen LogP contribution in [0.25, 0.3) is 0 Å². The molecule has 0 aromatic heterocycles. The number of aliphatic hydroxyl groups excluding tert-OH is 1. The predicted octanol–water partition coefficient (Wildman–Crippen LogP) is 5.03. The summed E-state index contributed by atoms with van der Waals surface area (Å²) in [5, 5.41) is 10.9. The van der Waals surface area contributed by atoms with E-state index in [0.29, 0.717) is 10.9 Å². The number of unbranched alkanes of at least 4 members (excludes halogenated alkanes) is 3. The molecule has 0 radical (unpaired) electrons. The van der Waals surface area contributed by atoms with Gasteiger partial charge in [-0.2, -0.15) is 0 Å². The van der Waals surface area contributed by atoms with Crippen LogP contribution in [0.3, 0.4) is 0 Å². The Morgan fingerprint density at radius 1 is 1.05 bits per heavy atom. The van der Waals surface area contributed by atoms with Gasteiger partial charge < -0.3 is 5.11 Å². The van der Waals surface area contributed by atoms with Crippen molar-refractivity contribution in [1.29, 1.82) is 0 Å². The third-order valence-electron chi connectivity index (χ3n) is 5.05. The molecule has 0 aliphatic carbocycles. The van der Waals surface area contributed by atoms with Crippen LogP contribution in [0.1, 0.15) is 76.5 Å². The molecule has 2 rings (SSSR count). The summed E-state index contributed by atoms with van der Waals surface area (Å²) in [7, 11) is 0.369. The van der Waals surface area contributed by atoms with E-state index in [1.807, 2.05) is 0 Å². The van der Waals surface area contributed by atoms with Gasteiger partial charge in [0, 0.05) is 0 Å². The minimum atomic E-state index is -0.330. The molecule has 1 N–H and O–H groups in total. The molecule has 1 aliphatic rings. The quantitative estimate of drug-likeness (QED) is 0.526. The molecule has 1 aliphatic heterocycles. The molecule has 0 amide bonds. The molecule has 1 unspecified atom stereocenters. The standard InChI is InChI=1S/C20H33OS/c1-4-5-6-7-10-17-11-13-18(14-12-17)19(21)20(2,3)22-15-8-9-16-22/h11-14,19,21H,4-10,15-16H2,1-3H3/q+1. The van der Waals surface area contributed by atoms with E-state index in [0.717, 1.165) is 5.56 Å². The molecule has 124 valence electrons. The monoisotopic (exact) mass is 321 g/mol. The average molecular weight is 322 g/mol.